The highest BCUT2D eigenvalue weighted by atomic mass is 35.5. The van der Waals surface area contributed by atoms with Crippen LogP contribution in [0.25, 0.3) is 0 Å². The number of aryl methyl sites for hydroxylation is 1. The predicted octanol–water partition coefficient (Wildman–Crippen LogP) is 3.16. The second-order valence-electron chi connectivity index (χ2n) is 3.90. The number of hydrogen-bond donors (Lipinski definition) is 0. The smallest absolute Gasteiger partial charge is 0.262 e. The molecule has 0 amide bonds. The van der Waals surface area contributed by atoms with Crippen molar-refractivity contribution >= 4 is 16.8 Å². The van der Waals surface area contributed by atoms with E-state index in [0.717, 1.165) is 5.56 Å². The lowest BCUT2D eigenvalue weighted by atomic mass is 10.1. The molecular weight excluding hydrogens is 212 g/mol. The van der Waals surface area contributed by atoms with Gasteiger partial charge in [0.05, 0.1) is 0 Å². The number of carbonyl (C=O) groups excluding carboxylic acids is 1. The van der Waals surface area contributed by atoms with E-state index in [1.54, 1.807) is 0 Å². The molecular formula is C12H15ClO2. The SMILES string of the molecule is Cc1ccc(OC(C(=O)Cl)C(C)C)cc1. The van der Waals surface area contributed by atoms with E-state index in [4.69, 9.17) is 16.3 Å². The molecule has 0 aromatic heterocycles. The minimum atomic E-state index is -0.575. The van der Waals surface area contributed by atoms with Gasteiger partial charge in [0.1, 0.15) is 5.75 Å². The van der Waals surface area contributed by atoms with Crippen LogP contribution in [0.15, 0.2) is 24.3 Å². The predicted molar refractivity (Wildman–Crippen MR) is 61.3 cm³/mol. The fourth-order valence-corrected chi connectivity index (χ4v) is 1.50. The fourth-order valence-electron chi connectivity index (χ4n) is 1.21. The first-order valence-corrected chi connectivity index (χ1v) is 5.31. The van der Waals surface area contributed by atoms with Gasteiger partial charge >= 0.3 is 0 Å². The molecule has 1 atom stereocenters. The number of benzene rings is 1. The molecule has 15 heavy (non-hydrogen) atoms. The van der Waals surface area contributed by atoms with E-state index in [-0.39, 0.29) is 5.92 Å². The fraction of sp³-hybridized carbons (Fsp3) is 0.417. The Labute approximate surface area is 95.2 Å². The van der Waals surface area contributed by atoms with Crippen LogP contribution in [0.1, 0.15) is 19.4 Å². The number of ether oxygens (including phenoxy) is 1. The van der Waals surface area contributed by atoms with E-state index in [0.29, 0.717) is 5.75 Å². The van der Waals surface area contributed by atoms with Gasteiger partial charge in [-0.3, -0.25) is 4.79 Å². The number of halogens is 1. The highest BCUT2D eigenvalue weighted by Gasteiger charge is 2.22. The van der Waals surface area contributed by atoms with Crippen molar-refractivity contribution in [1.29, 1.82) is 0 Å². The van der Waals surface area contributed by atoms with Gasteiger partial charge in [0.25, 0.3) is 5.24 Å². The zero-order valence-corrected chi connectivity index (χ0v) is 9.91. The van der Waals surface area contributed by atoms with E-state index >= 15 is 0 Å². The molecule has 0 aliphatic rings. The normalized spacial score (nSPS) is 12.6. The van der Waals surface area contributed by atoms with Crippen molar-refractivity contribution in [3.05, 3.63) is 29.8 Å². The summed E-state index contributed by atoms with van der Waals surface area (Å²) in [6, 6.07) is 7.55. The molecule has 0 saturated carbocycles. The molecule has 0 radical (unpaired) electrons. The first-order valence-electron chi connectivity index (χ1n) is 4.93. The molecule has 0 aliphatic carbocycles. The molecule has 2 nitrogen and oxygen atoms in total. The Morgan fingerprint density at radius 2 is 1.80 bits per heavy atom. The van der Waals surface area contributed by atoms with Crippen LogP contribution < -0.4 is 4.74 Å². The Hall–Kier alpha value is -1.02. The van der Waals surface area contributed by atoms with Crippen molar-refractivity contribution in [3.8, 4) is 5.75 Å². The second-order valence-corrected chi connectivity index (χ2v) is 4.27. The molecule has 0 heterocycles. The third-order valence-corrected chi connectivity index (χ3v) is 2.33. The Balaban J connectivity index is 2.74. The van der Waals surface area contributed by atoms with Crippen molar-refractivity contribution in [2.75, 3.05) is 0 Å². The van der Waals surface area contributed by atoms with Crippen LogP contribution in [-0.2, 0) is 4.79 Å². The summed E-state index contributed by atoms with van der Waals surface area (Å²) in [5.41, 5.74) is 1.15. The molecule has 0 spiro atoms. The van der Waals surface area contributed by atoms with Crippen LogP contribution in [0.3, 0.4) is 0 Å². The molecule has 0 aliphatic heterocycles. The molecule has 82 valence electrons. The van der Waals surface area contributed by atoms with Gasteiger partial charge in [-0.25, -0.2) is 0 Å². The van der Waals surface area contributed by atoms with E-state index in [1.807, 2.05) is 45.0 Å². The molecule has 0 bridgehead atoms. The monoisotopic (exact) mass is 226 g/mol. The summed E-state index contributed by atoms with van der Waals surface area (Å²) in [6.45, 7) is 5.80. The van der Waals surface area contributed by atoms with Crippen LogP contribution in [0, 0.1) is 12.8 Å². The lowest BCUT2D eigenvalue weighted by Crippen LogP contribution is -2.29. The van der Waals surface area contributed by atoms with Gasteiger partial charge in [0.15, 0.2) is 6.10 Å². The van der Waals surface area contributed by atoms with Crippen LogP contribution in [0.5, 0.6) is 5.75 Å². The molecule has 1 aromatic rings. The Kier molecular flexibility index (Phi) is 4.15. The summed E-state index contributed by atoms with van der Waals surface area (Å²) in [6.07, 6.45) is -0.575. The number of hydrogen-bond acceptors (Lipinski definition) is 2. The van der Waals surface area contributed by atoms with Gasteiger partial charge in [-0.1, -0.05) is 31.5 Å². The van der Waals surface area contributed by atoms with E-state index in [2.05, 4.69) is 0 Å². The van der Waals surface area contributed by atoms with Crippen molar-refractivity contribution in [3.63, 3.8) is 0 Å². The molecule has 1 rings (SSSR count). The minimum Gasteiger partial charge on any atom is -0.481 e. The Morgan fingerprint density at radius 3 is 2.20 bits per heavy atom. The number of carbonyl (C=O) groups is 1. The summed E-state index contributed by atoms with van der Waals surface area (Å²) in [4.78, 5) is 11.1. The van der Waals surface area contributed by atoms with Gasteiger partial charge in [0, 0.05) is 0 Å². The molecule has 1 unspecified atom stereocenters. The van der Waals surface area contributed by atoms with E-state index < -0.39 is 11.3 Å². The largest absolute Gasteiger partial charge is 0.481 e. The van der Waals surface area contributed by atoms with Gasteiger partial charge in [-0.2, -0.15) is 0 Å². The molecule has 0 N–H and O–H groups in total. The first kappa shape index (κ1) is 12.1. The zero-order chi connectivity index (χ0) is 11.4. The molecule has 3 heteroatoms. The van der Waals surface area contributed by atoms with Crippen molar-refractivity contribution < 1.29 is 9.53 Å². The Morgan fingerprint density at radius 1 is 1.27 bits per heavy atom. The third kappa shape index (κ3) is 3.56. The molecule has 0 saturated heterocycles. The quantitative estimate of drug-likeness (QED) is 0.738. The highest BCUT2D eigenvalue weighted by molar-refractivity contribution is 6.64. The average Bonchev–Trinajstić information content (AvgIpc) is 2.15. The van der Waals surface area contributed by atoms with Gasteiger partial charge < -0.3 is 4.74 Å². The lowest BCUT2D eigenvalue weighted by molar-refractivity contribution is -0.119. The summed E-state index contributed by atoms with van der Waals surface area (Å²) in [7, 11) is 0. The van der Waals surface area contributed by atoms with Gasteiger partial charge in [-0.05, 0) is 36.6 Å². The summed E-state index contributed by atoms with van der Waals surface area (Å²) < 4.78 is 5.51. The standard InChI is InChI=1S/C12H15ClO2/c1-8(2)11(12(13)14)15-10-6-4-9(3)5-7-10/h4-8,11H,1-3H3. The van der Waals surface area contributed by atoms with E-state index in [1.165, 1.54) is 0 Å². The van der Waals surface area contributed by atoms with Crippen LogP contribution in [0.4, 0.5) is 0 Å². The van der Waals surface area contributed by atoms with Gasteiger partial charge in [0.2, 0.25) is 0 Å². The van der Waals surface area contributed by atoms with Crippen LogP contribution >= 0.6 is 11.6 Å². The van der Waals surface area contributed by atoms with Crippen LogP contribution in [0.2, 0.25) is 0 Å². The summed E-state index contributed by atoms with van der Waals surface area (Å²) >= 11 is 5.46. The Bertz CT molecular complexity index is 330. The van der Waals surface area contributed by atoms with Crippen molar-refractivity contribution in [1.82, 2.24) is 0 Å². The first-order chi connectivity index (χ1) is 7.00. The number of rotatable bonds is 4. The summed E-state index contributed by atoms with van der Waals surface area (Å²) in [5, 5.41) is -0.453. The van der Waals surface area contributed by atoms with Crippen molar-refractivity contribution in [2.24, 2.45) is 5.92 Å². The average molecular weight is 227 g/mol. The molecule has 1 aromatic carbocycles. The minimum absolute atomic E-state index is 0.0660. The second kappa shape index (κ2) is 5.17. The topological polar surface area (TPSA) is 26.3 Å². The molecule has 0 fully saturated rings. The third-order valence-electron chi connectivity index (χ3n) is 2.11. The lowest BCUT2D eigenvalue weighted by Gasteiger charge is -2.18. The van der Waals surface area contributed by atoms with Crippen LogP contribution in [-0.4, -0.2) is 11.3 Å². The maximum absolute atomic E-state index is 11.1. The highest BCUT2D eigenvalue weighted by Crippen LogP contribution is 2.18. The maximum atomic E-state index is 11.1. The van der Waals surface area contributed by atoms with Crippen molar-refractivity contribution in [2.45, 2.75) is 26.9 Å². The maximum Gasteiger partial charge on any atom is 0.262 e. The van der Waals surface area contributed by atoms with E-state index in [9.17, 15) is 4.79 Å². The zero-order valence-electron chi connectivity index (χ0n) is 9.16. The van der Waals surface area contributed by atoms with Gasteiger partial charge in [-0.15, -0.1) is 0 Å². The summed E-state index contributed by atoms with van der Waals surface area (Å²) in [5.74, 6) is 0.740.